The van der Waals surface area contributed by atoms with Crippen molar-refractivity contribution in [2.24, 2.45) is 0 Å². The Morgan fingerprint density at radius 3 is 2.52 bits per heavy atom. The molecule has 0 bridgehead atoms. The fourth-order valence-electron chi connectivity index (χ4n) is 3.97. The van der Waals surface area contributed by atoms with Gasteiger partial charge in [0.15, 0.2) is 0 Å². The maximum absolute atomic E-state index is 13.1. The van der Waals surface area contributed by atoms with Crippen LogP contribution in [0, 0.1) is 0 Å². The van der Waals surface area contributed by atoms with Crippen molar-refractivity contribution in [3.05, 3.63) is 47.8 Å². The van der Waals surface area contributed by atoms with Gasteiger partial charge in [0, 0.05) is 0 Å². The molecule has 2 aromatic rings. The van der Waals surface area contributed by atoms with Crippen molar-refractivity contribution in [2.45, 2.75) is 64.6 Å². The Kier molecular flexibility index (Phi) is 5.87. The van der Waals surface area contributed by atoms with Crippen LogP contribution in [-0.4, -0.2) is 68.2 Å². The van der Waals surface area contributed by atoms with E-state index in [1.807, 2.05) is 6.92 Å². The van der Waals surface area contributed by atoms with Crippen molar-refractivity contribution < 1.29 is 29.0 Å². The molecule has 2 aliphatic rings. The van der Waals surface area contributed by atoms with Crippen molar-refractivity contribution in [2.75, 3.05) is 11.4 Å². The molecule has 1 aromatic heterocycles. The number of fused-ring (bicyclic) bond motifs is 1. The van der Waals surface area contributed by atoms with E-state index in [-0.39, 0.29) is 19.1 Å². The van der Waals surface area contributed by atoms with Crippen LogP contribution < -0.4 is 4.90 Å². The number of esters is 1. The number of nitrogens with zero attached hydrogens (tertiary/aromatic N) is 4. The molecule has 3 atom stereocenters. The van der Waals surface area contributed by atoms with Crippen molar-refractivity contribution in [3.8, 4) is 0 Å². The monoisotopic (exact) mass is 456 g/mol. The standard InChI is InChI=1S/C23H28N4O6/c1-14-11-27-17(12-25(14)22(31)33-23(2,3)4)16(10-24-27)26-13-18(28)19(20(26)29)32-21(30)15-8-6-5-7-9-15/h5-10,14,18-19,28H,11-13H2,1-4H3/t14-,18+,19-/m0/s1. The minimum Gasteiger partial charge on any atom is -0.446 e. The van der Waals surface area contributed by atoms with Gasteiger partial charge in [0.25, 0.3) is 5.91 Å². The van der Waals surface area contributed by atoms with E-state index in [0.29, 0.717) is 23.5 Å². The predicted molar refractivity (Wildman–Crippen MR) is 117 cm³/mol. The highest BCUT2D eigenvalue weighted by Crippen LogP contribution is 2.31. The number of aliphatic hydroxyl groups is 1. The maximum Gasteiger partial charge on any atom is 0.410 e. The molecule has 2 amide bonds. The summed E-state index contributed by atoms with van der Waals surface area (Å²) >= 11 is 0. The summed E-state index contributed by atoms with van der Waals surface area (Å²) in [4.78, 5) is 41.1. The highest BCUT2D eigenvalue weighted by atomic mass is 16.6. The quantitative estimate of drug-likeness (QED) is 0.702. The van der Waals surface area contributed by atoms with E-state index in [1.165, 1.54) is 11.1 Å². The number of benzene rings is 1. The maximum atomic E-state index is 13.1. The van der Waals surface area contributed by atoms with Gasteiger partial charge in [0.1, 0.15) is 11.7 Å². The average molecular weight is 456 g/mol. The molecule has 10 nitrogen and oxygen atoms in total. The summed E-state index contributed by atoms with van der Waals surface area (Å²) in [5.74, 6) is -1.22. The molecule has 4 rings (SSSR count). The number of β-amino-alcohol motifs (C(OH)–C–C–N with tert-alkyl or cyclic N) is 1. The Hall–Kier alpha value is -3.40. The zero-order valence-corrected chi connectivity index (χ0v) is 19.1. The van der Waals surface area contributed by atoms with Crippen LogP contribution in [0.15, 0.2) is 36.5 Å². The summed E-state index contributed by atoms with van der Waals surface area (Å²) in [7, 11) is 0. The zero-order chi connectivity index (χ0) is 23.9. The third kappa shape index (κ3) is 4.56. The molecular weight excluding hydrogens is 428 g/mol. The van der Waals surface area contributed by atoms with Gasteiger partial charge in [-0.15, -0.1) is 0 Å². The molecule has 0 spiro atoms. The fraction of sp³-hybridized carbons (Fsp3) is 0.478. The van der Waals surface area contributed by atoms with Gasteiger partial charge in [0.2, 0.25) is 6.10 Å². The number of carbonyl (C=O) groups excluding carboxylic acids is 3. The Morgan fingerprint density at radius 1 is 1.15 bits per heavy atom. The third-order valence-electron chi connectivity index (χ3n) is 5.61. The first-order valence-corrected chi connectivity index (χ1v) is 10.8. The zero-order valence-electron chi connectivity index (χ0n) is 19.1. The van der Waals surface area contributed by atoms with Gasteiger partial charge < -0.3 is 19.5 Å². The van der Waals surface area contributed by atoms with E-state index < -0.39 is 35.8 Å². The summed E-state index contributed by atoms with van der Waals surface area (Å²) < 4.78 is 12.6. The molecular formula is C23H28N4O6. The SMILES string of the molecule is C[C@H]1Cn2ncc(N3C[C@@H](O)[C@H](OC(=O)c4ccccc4)C3=O)c2CN1C(=O)OC(C)(C)C. The van der Waals surface area contributed by atoms with Crippen molar-refractivity contribution in [1.29, 1.82) is 0 Å². The van der Waals surface area contributed by atoms with Crippen LogP contribution >= 0.6 is 0 Å². The van der Waals surface area contributed by atoms with Crippen LogP contribution in [-0.2, 0) is 27.4 Å². The van der Waals surface area contributed by atoms with E-state index in [9.17, 15) is 19.5 Å². The molecule has 1 fully saturated rings. The number of carbonyl (C=O) groups is 3. The van der Waals surface area contributed by atoms with Crippen LogP contribution in [0.5, 0.6) is 0 Å². The molecule has 176 valence electrons. The molecule has 0 saturated carbocycles. The van der Waals surface area contributed by atoms with Gasteiger partial charge in [-0.05, 0) is 39.8 Å². The largest absolute Gasteiger partial charge is 0.446 e. The van der Waals surface area contributed by atoms with Gasteiger partial charge >= 0.3 is 12.1 Å². The molecule has 0 radical (unpaired) electrons. The van der Waals surface area contributed by atoms with Gasteiger partial charge in [-0.1, -0.05) is 18.2 Å². The topological polar surface area (TPSA) is 114 Å². The van der Waals surface area contributed by atoms with E-state index in [2.05, 4.69) is 5.10 Å². The van der Waals surface area contributed by atoms with Crippen molar-refractivity contribution in [1.82, 2.24) is 14.7 Å². The third-order valence-corrected chi connectivity index (χ3v) is 5.61. The second kappa shape index (κ2) is 8.51. The summed E-state index contributed by atoms with van der Waals surface area (Å²) in [5, 5.41) is 14.9. The van der Waals surface area contributed by atoms with Gasteiger partial charge in [0.05, 0.1) is 48.8 Å². The van der Waals surface area contributed by atoms with Gasteiger partial charge in [-0.3, -0.25) is 14.4 Å². The second-order valence-corrected chi connectivity index (χ2v) is 9.32. The Bertz CT molecular complexity index is 1060. The van der Waals surface area contributed by atoms with E-state index >= 15 is 0 Å². The summed E-state index contributed by atoms with van der Waals surface area (Å²) in [6.45, 7) is 7.89. The number of anilines is 1. The number of aromatic nitrogens is 2. The normalized spacial score (nSPS) is 22.8. The molecule has 1 saturated heterocycles. The van der Waals surface area contributed by atoms with Crippen molar-refractivity contribution >= 4 is 23.7 Å². The van der Waals surface area contributed by atoms with Crippen LogP contribution in [0.1, 0.15) is 43.7 Å². The molecule has 2 aliphatic heterocycles. The fourth-order valence-corrected chi connectivity index (χ4v) is 3.97. The van der Waals surface area contributed by atoms with E-state index in [0.717, 1.165) is 0 Å². The number of ether oxygens (including phenoxy) is 2. The summed E-state index contributed by atoms with van der Waals surface area (Å²) in [6.07, 6.45) is -1.43. The van der Waals surface area contributed by atoms with Crippen LogP contribution in [0.4, 0.5) is 10.5 Å². The number of rotatable bonds is 3. The lowest BCUT2D eigenvalue weighted by Gasteiger charge is -2.36. The number of aliphatic hydroxyl groups excluding tert-OH is 1. The molecule has 10 heteroatoms. The van der Waals surface area contributed by atoms with Gasteiger partial charge in [-0.25, -0.2) is 9.59 Å². The average Bonchev–Trinajstić information content (AvgIpc) is 3.27. The van der Waals surface area contributed by atoms with E-state index in [4.69, 9.17) is 9.47 Å². The Labute approximate surface area is 191 Å². The lowest BCUT2D eigenvalue weighted by atomic mass is 10.2. The highest BCUT2D eigenvalue weighted by Gasteiger charge is 2.45. The van der Waals surface area contributed by atoms with E-state index in [1.54, 1.807) is 60.7 Å². The lowest BCUT2D eigenvalue weighted by molar-refractivity contribution is -0.127. The number of hydrogen-bond acceptors (Lipinski definition) is 7. The molecule has 1 N–H and O–H groups in total. The molecule has 33 heavy (non-hydrogen) atoms. The molecule has 3 heterocycles. The summed E-state index contributed by atoms with van der Waals surface area (Å²) in [5.41, 5.74) is 0.774. The van der Waals surface area contributed by atoms with Crippen molar-refractivity contribution in [3.63, 3.8) is 0 Å². The molecule has 0 aliphatic carbocycles. The number of amides is 2. The Morgan fingerprint density at radius 2 is 1.85 bits per heavy atom. The van der Waals surface area contributed by atoms with Crippen LogP contribution in [0.25, 0.3) is 0 Å². The van der Waals surface area contributed by atoms with Gasteiger partial charge in [-0.2, -0.15) is 5.10 Å². The smallest absolute Gasteiger partial charge is 0.410 e. The Balaban J connectivity index is 1.53. The number of hydrogen-bond donors (Lipinski definition) is 1. The first-order chi connectivity index (χ1) is 15.5. The summed E-state index contributed by atoms with van der Waals surface area (Å²) in [6, 6.07) is 8.13. The molecule has 0 unspecified atom stereocenters. The highest BCUT2D eigenvalue weighted by molar-refractivity contribution is 6.02. The minimum atomic E-state index is -1.32. The first-order valence-electron chi connectivity index (χ1n) is 10.8. The second-order valence-electron chi connectivity index (χ2n) is 9.32. The lowest BCUT2D eigenvalue weighted by Crippen LogP contribution is -2.47. The molecule has 1 aromatic carbocycles. The minimum absolute atomic E-state index is 0.0494. The van der Waals surface area contributed by atoms with Crippen LogP contribution in [0.2, 0.25) is 0 Å². The first kappa shape index (κ1) is 22.8. The predicted octanol–water partition coefficient (Wildman–Crippen LogP) is 1.96. The van der Waals surface area contributed by atoms with Crippen LogP contribution in [0.3, 0.4) is 0 Å².